The first-order valence-corrected chi connectivity index (χ1v) is 8.91. The summed E-state index contributed by atoms with van der Waals surface area (Å²) in [5.74, 6) is 0.423. The molecule has 0 aromatic carbocycles. The number of carbonyl (C=O) groups excluding carboxylic acids is 1. The average molecular weight is 295 g/mol. The standard InChI is InChI=1S/C17H33N3O/c1-4-9-17(10-11-18-14-17)16(21)20-12-7-15(8-13-20)19(5-2)6-3/h15,18H,4-14H2,1-3H3. The van der Waals surface area contributed by atoms with E-state index in [1.54, 1.807) is 0 Å². The molecule has 2 aliphatic heterocycles. The van der Waals surface area contributed by atoms with Crippen LogP contribution in [0, 0.1) is 5.41 Å². The minimum Gasteiger partial charge on any atom is -0.342 e. The number of likely N-dealkylation sites (tertiary alicyclic amines) is 1. The van der Waals surface area contributed by atoms with Gasteiger partial charge >= 0.3 is 0 Å². The lowest BCUT2D eigenvalue weighted by Gasteiger charge is -2.41. The third-order valence-corrected chi connectivity index (χ3v) is 5.51. The van der Waals surface area contributed by atoms with Gasteiger partial charge in [0.2, 0.25) is 5.91 Å². The molecule has 0 aromatic rings. The molecule has 4 nitrogen and oxygen atoms in total. The normalized spacial score (nSPS) is 27.5. The van der Waals surface area contributed by atoms with Crippen LogP contribution in [0.5, 0.6) is 0 Å². The summed E-state index contributed by atoms with van der Waals surface area (Å²) in [6.45, 7) is 12.7. The highest BCUT2D eigenvalue weighted by atomic mass is 16.2. The van der Waals surface area contributed by atoms with Gasteiger partial charge in [-0.25, -0.2) is 0 Å². The summed E-state index contributed by atoms with van der Waals surface area (Å²) in [4.78, 5) is 17.7. The lowest BCUT2D eigenvalue weighted by atomic mass is 9.80. The van der Waals surface area contributed by atoms with E-state index in [0.29, 0.717) is 11.9 Å². The van der Waals surface area contributed by atoms with Crippen LogP contribution < -0.4 is 5.32 Å². The molecule has 0 radical (unpaired) electrons. The summed E-state index contributed by atoms with van der Waals surface area (Å²) < 4.78 is 0. The molecule has 0 bridgehead atoms. The molecule has 0 saturated carbocycles. The molecule has 1 unspecified atom stereocenters. The average Bonchev–Trinajstić information content (AvgIpc) is 2.99. The monoisotopic (exact) mass is 295 g/mol. The van der Waals surface area contributed by atoms with Crippen LogP contribution in [0.4, 0.5) is 0 Å². The van der Waals surface area contributed by atoms with Gasteiger partial charge in [-0.1, -0.05) is 27.2 Å². The van der Waals surface area contributed by atoms with Crippen molar-refractivity contribution in [1.29, 1.82) is 0 Å². The largest absolute Gasteiger partial charge is 0.342 e. The van der Waals surface area contributed by atoms with E-state index in [1.807, 2.05) is 0 Å². The van der Waals surface area contributed by atoms with Gasteiger partial charge in [-0.15, -0.1) is 0 Å². The Labute approximate surface area is 130 Å². The molecule has 1 amide bonds. The number of amides is 1. The van der Waals surface area contributed by atoms with Crippen LogP contribution >= 0.6 is 0 Å². The Balaban J connectivity index is 1.93. The smallest absolute Gasteiger partial charge is 0.230 e. The first-order chi connectivity index (χ1) is 10.2. The summed E-state index contributed by atoms with van der Waals surface area (Å²) in [5.41, 5.74) is -0.100. The van der Waals surface area contributed by atoms with Crippen molar-refractivity contribution in [3.05, 3.63) is 0 Å². The van der Waals surface area contributed by atoms with Gasteiger partial charge < -0.3 is 15.1 Å². The fraction of sp³-hybridized carbons (Fsp3) is 0.941. The number of piperidine rings is 1. The van der Waals surface area contributed by atoms with Gasteiger partial charge in [0.25, 0.3) is 0 Å². The molecule has 4 heteroatoms. The number of nitrogens with one attached hydrogen (secondary N) is 1. The van der Waals surface area contributed by atoms with Crippen LogP contribution in [0.2, 0.25) is 0 Å². The molecule has 2 rings (SSSR count). The van der Waals surface area contributed by atoms with Gasteiger partial charge in [-0.05, 0) is 45.3 Å². The quantitative estimate of drug-likeness (QED) is 0.815. The van der Waals surface area contributed by atoms with Crippen molar-refractivity contribution in [2.24, 2.45) is 5.41 Å². The Morgan fingerprint density at radius 1 is 1.24 bits per heavy atom. The van der Waals surface area contributed by atoms with E-state index in [4.69, 9.17) is 0 Å². The molecule has 122 valence electrons. The molecule has 0 spiro atoms. The third kappa shape index (κ3) is 3.59. The molecule has 0 aliphatic carbocycles. The van der Waals surface area contributed by atoms with Crippen molar-refractivity contribution in [3.63, 3.8) is 0 Å². The van der Waals surface area contributed by atoms with Gasteiger partial charge in [0.1, 0.15) is 0 Å². The van der Waals surface area contributed by atoms with Crippen LogP contribution in [0.1, 0.15) is 52.9 Å². The Bertz CT molecular complexity index is 327. The number of hydrogen-bond acceptors (Lipinski definition) is 3. The van der Waals surface area contributed by atoms with Crippen molar-refractivity contribution < 1.29 is 4.79 Å². The highest BCUT2D eigenvalue weighted by Crippen LogP contribution is 2.34. The van der Waals surface area contributed by atoms with E-state index < -0.39 is 0 Å². The molecule has 0 aromatic heterocycles. The second-order valence-electron chi connectivity index (χ2n) is 6.70. The molecule has 21 heavy (non-hydrogen) atoms. The number of hydrogen-bond donors (Lipinski definition) is 1. The van der Waals surface area contributed by atoms with Gasteiger partial charge in [0.05, 0.1) is 5.41 Å². The first kappa shape index (κ1) is 16.8. The van der Waals surface area contributed by atoms with Crippen LogP contribution in [0.25, 0.3) is 0 Å². The van der Waals surface area contributed by atoms with E-state index in [2.05, 4.69) is 35.9 Å². The zero-order valence-electron chi connectivity index (χ0n) is 14.2. The molecule has 1 atom stereocenters. The molecular weight excluding hydrogens is 262 g/mol. The van der Waals surface area contributed by atoms with Crippen LogP contribution in [0.3, 0.4) is 0 Å². The maximum Gasteiger partial charge on any atom is 0.230 e. The third-order valence-electron chi connectivity index (χ3n) is 5.51. The zero-order chi connectivity index (χ0) is 15.3. The van der Waals surface area contributed by atoms with Gasteiger partial charge in [-0.2, -0.15) is 0 Å². The Hall–Kier alpha value is -0.610. The summed E-state index contributed by atoms with van der Waals surface area (Å²) in [6.07, 6.45) is 5.44. The van der Waals surface area contributed by atoms with Crippen LogP contribution in [0.15, 0.2) is 0 Å². The van der Waals surface area contributed by atoms with Crippen LogP contribution in [-0.4, -0.2) is 61.0 Å². The van der Waals surface area contributed by atoms with Gasteiger partial charge in [0.15, 0.2) is 0 Å². The molecule has 2 heterocycles. The summed E-state index contributed by atoms with van der Waals surface area (Å²) >= 11 is 0. The summed E-state index contributed by atoms with van der Waals surface area (Å²) in [5, 5.41) is 3.41. The van der Waals surface area contributed by atoms with Crippen molar-refractivity contribution >= 4 is 5.91 Å². The van der Waals surface area contributed by atoms with Crippen molar-refractivity contribution in [1.82, 2.24) is 15.1 Å². The fourth-order valence-electron chi connectivity index (χ4n) is 4.23. The van der Waals surface area contributed by atoms with E-state index in [-0.39, 0.29) is 5.41 Å². The molecule has 2 fully saturated rings. The SMILES string of the molecule is CCCC1(C(=O)N2CCC(N(CC)CC)CC2)CCNC1. The van der Waals surface area contributed by atoms with Gasteiger partial charge in [-0.3, -0.25) is 4.79 Å². The van der Waals surface area contributed by atoms with Crippen molar-refractivity contribution in [3.8, 4) is 0 Å². The first-order valence-electron chi connectivity index (χ1n) is 8.91. The number of nitrogens with zero attached hydrogens (tertiary/aromatic N) is 2. The molecular formula is C17H33N3O. The predicted molar refractivity (Wildman–Crippen MR) is 87.4 cm³/mol. The number of rotatable bonds is 6. The van der Waals surface area contributed by atoms with Gasteiger partial charge in [0, 0.05) is 25.7 Å². The van der Waals surface area contributed by atoms with Crippen molar-refractivity contribution in [2.75, 3.05) is 39.3 Å². The Morgan fingerprint density at radius 2 is 1.90 bits per heavy atom. The molecule has 1 N–H and O–H groups in total. The lowest BCUT2D eigenvalue weighted by molar-refractivity contribution is -0.143. The van der Waals surface area contributed by atoms with E-state index in [0.717, 1.165) is 71.4 Å². The van der Waals surface area contributed by atoms with Crippen LogP contribution in [-0.2, 0) is 4.79 Å². The second kappa shape index (κ2) is 7.59. The predicted octanol–water partition coefficient (Wildman–Crippen LogP) is 2.10. The molecule has 2 aliphatic rings. The maximum atomic E-state index is 13.0. The highest BCUT2D eigenvalue weighted by molar-refractivity contribution is 5.83. The Morgan fingerprint density at radius 3 is 2.38 bits per heavy atom. The zero-order valence-corrected chi connectivity index (χ0v) is 14.2. The Kier molecular flexibility index (Phi) is 6.06. The second-order valence-corrected chi connectivity index (χ2v) is 6.70. The number of carbonyl (C=O) groups is 1. The minimum absolute atomic E-state index is 0.100. The highest BCUT2D eigenvalue weighted by Gasteiger charge is 2.43. The summed E-state index contributed by atoms with van der Waals surface area (Å²) in [6, 6.07) is 0.674. The minimum atomic E-state index is -0.100. The lowest BCUT2D eigenvalue weighted by Crippen LogP contribution is -2.51. The summed E-state index contributed by atoms with van der Waals surface area (Å²) in [7, 11) is 0. The van der Waals surface area contributed by atoms with Crippen molar-refractivity contribution in [2.45, 2.75) is 58.9 Å². The van der Waals surface area contributed by atoms with E-state index in [1.165, 1.54) is 0 Å². The fourth-order valence-corrected chi connectivity index (χ4v) is 4.23. The maximum absolute atomic E-state index is 13.0. The van der Waals surface area contributed by atoms with E-state index in [9.17, 15) is 4.79 Å². The topological polar surface area (TPSA) is 35.6 Å². The molecule has 2 saturated heterocycles. The van der Waals surface area contributed by atoms with E-state index >= 15 is 0 Å².